The van der Waals surface area contributed by atoms with Gasteiger partial charge in [0.15, 0.2) is 0 Å². The molecule has 0 nitrogen and oxygen atoms in total. The average molecular weight is 841 g/mol. The van der Waals surface area contributed by atoms with E-state index in [0.717, 1.165) is 5.57 Å². The van der Waals surface area contributed by atoms with Gasteiger partial charge in [-0.15, -0.1) is 6.58 Å². The maximum absolute atomic E-state index is 4.83. The second-order valence-corrected chi connectivity index (χ2v) is 21.5. The molecule has 0 aliphatic rings. The summed E-state index contributed by atoms with van der Waals surface area (Å²) in [6.45, 7) is 8.75. The quantitative estimate of drug-likeness (QED) is 0.156. The molecule has 0 N–H and O–H groups in total. The van der Waals surface area contributed by atoms with Crippen molar-refractivity contribution in [3.63, 3.8) is 0 Å². The van der Waals surface area contributed by atoms with E-state index in [1.807, 2.05) is 6.92 Å². The predicted octanol–water partition coefficient (Wildman–Crippen LogP) is 7.18. The van der Waals surface area contributed by atoms with Crippen molar-refractivity contribution in [2.45, 2.75) is 6.92 Å². The van der Waals surface area contributed by atoms with Crippen LogP contribution in [0, 0.1) is 6.92 Å². The summed E-state index contributed by atoms with van der Waals surface area (Å²) < 4.78 is 8.87. The summed E-state index contributed by atoms with van der Waals surface area (Å²) in [6, 6.07) is 65.4. The number of allylic oxidation sites excluding steroid dienone is 1. The molecule has 230 valence electrons. The van der Waals surface area contributed by atoms with Gasteiger partial charge in [0, 0.05) is 0 Å². The van der Waals surface area contributed by atoms with Crippen LogP contribution in [0.1, 0.15) is 6.92 Å². The first-order chi connectivity index (χ1) is 22.0. The minimum absolute atomic E-state index is 0.226. The molecule has 0 heterocycles. The first-order valence-corrected chi connectivity index (χ1v) is 24.1. The van der Waals surface area contributed by atoms with Crippen LogP contribution in [-0.4, -0.2) is 29.3 Å². The van der Waals surface area contributed by atoms with Gasteiger partial charge >= 0.3 is 272 Å². The Balaban J connectivity index is 0.000000204. The van der Waals surface area contributed by atoms with Crippen LogP contribution in [0.25, 0.3) is 0 Å². The molecule has 0 unspecified atom stereocenters. The molecule has 0 aliphatic carbocycles. The third-order valence-corrected chi connectivity index (χ3v) is 16.3. The van der Waals surface area contributed by atoms with E-state index in [4.69, 9.17) is 19.4 Å². The van der Waals surface area contributed by atoms with E-state index in [0.29, 0.717) is 0 Å². The monoisotopic (exact) mass is 840 g/mol. The van der Waals surface area contributed by atoms with Crippen molar-refractivity contribution in [3.8, 4) is 0 Å². The Kier molecular flexibility index (Phi) is 18.0. The summed E-state index contributed by atoms with van der Waals surface area (Å²) in [5.41, 5.74) is 0.917. The SMILES string of the molecule is [CH2]C(=C)C.[Cl][Rh][Cl].c1ccc([As](c2ccccc2)c2ccccc2)cc1.c1ccc([As](c2ccccc2)c2ccccc2)cc1. The number of rotatable bonds is 6. The van der Waals surface area contributed by atoms with Crippen molar-refractivity contribution in [3.05, 3.63) is 201 Å². The van der Waals surface area contributed by atoms with E-state index in [1.54, 1.807) is 0 Å². The fourth-order valence-corrected chi connectivity index (χ4v) is 14.0. The van der Waals surface area contributed by atoms with Crippen molar-refractivity contribution in [1.82, 2.24) is 0 Å². The molecule has 0 fully saturated rings. The molecular formula is C40H37As2Cl2Rh. The Morgan fingerprint density at radius 2 is 0.511 bits per heavy atom. The maximum atomic E-state index is 4.83. The van der Waals surface area contributed by atoms with Gasteiger partial charge in [-0.2, -0.15) is 0 Å². The van der Waals surface area contributed by atoms with Crippen LogP contribution in [0.15, 0.2) is 194 Å². The van der Waals surface area contributed by atoms with Crippen LogP contribution in [0.2, 0.25) is 0 Å². The van der Waals surface area contributed by atoms with Crippen LogP contribution in [0.5, 0.6) is 0 Å². The molecule has 0 saturated carbocycles. The summed E-state index contributed by atoms with van der Waals surface area (Å²) in [4.78, 5) is 0. The molecule has 0 aromatic heterocycles. The van der Waals surface area contributed by atoms with Gasteiger partial charge in [-0.3, -0.25) is 0 Å². The van der Waals surface area contributed by atoms with Crippen molar-refractivity contribution in [2.24, 2.45) is 0 Å². The Morgan fingerprint density at radius 1 is 0.400 bits per heavy atom. The zero-order valence-electron chi connectivity index (χ0n) is 25.2. The normalized spacial score (nSPS) is 10.0. The molecule has 0 atom stereocenters. The van der Waals surface area contributed by atoms with Gasteiger partial charge in [-0.05, 0) is 13.8 Å². The van der Waals surface area contributed by atoms with Crippen LogP contribution < -0.4 is 26.1 Å². The summed E-state index contributed by atoms with van der Waals surface area (Å²) in [6.07, 6.45) is 0. The molecule has 0 spiro atoms. The van der Waals surface area contributed by atoms with Crippen LogP contribution in [-0.2, 0) is 15.1 Å². The fraction of sp³-hybridized carbons (Fsp3) is 0.0250. The van der Waals surface area contributed by atoms with E-state index in [9.17, 15) is 0 Å². The molecular weight excluding hydrogens is 804 g/mol. The van der Waals surface area contributed by atoms with Gasteiger partial charge in [0.1, 0.15) is 0 Å². The third-order valence-electron chi connectivity index (χ3n) is 6.09. The average Bonchev–Trinajstić information content (AvgIpc) is 3.09. The third kappa shape index (κ3) is 13.3. The first-order valence-electron chi connectivity index (χ1n) is 14.3. The zero-order chi connectivity index (χ0) is 32.1. The fourth-order valence-electron chi connectivity index (χ4n) is 4.36. The Morgan fingerprint density at radius 3 is 0.622 bits per heavy atom. The van der Waals surface area contributed by atoms with Crippen molar-refractivity contribution >= 4 is 74.8 Å². The number of halogens is 2. The van der Waals surface area contributed by atoms with E-state index in [2.05, 4.69) is 195 Å². The molecule has 6 aromatic carbocycles. The number of benzene rings is 6. The Labute approximate surface area is 295 Å². The Bertz CT molecular complexity index is 1290. The molecule has 0 bridgehead atoms. The molecule has 1 radical (unpaired) electrons. The molecule has 0 aliphatic heterocycles. The second-order valence-electron chi connectivity index (χ2n) is 9.69. The zero-order valence-corrected chi connectivity index (χ0v) is 32.1. The number of hydrogen-bond donors (Lipinski definition) is 0. The van der Waals surface area contributed by atoms with Crippen LogP contribution in [0.3, 0.4) is 0 Å². The summed E-state index contributed by atoms with van der Waals surface area (Å²) >= 11 is -3.00. The Hall–Kier alpha value is -2.62. The van der Waals surface area contributed by atoms with Crippen molar-refractivity contribution in [1.29, 1.82) is 0 Å². The van der Waals surface area contributed by atoms with E-state index in [1.165, 1.54) is 26.1 Å². The predicted molar refractivity (Wildman–Crippen MR) is 200 cm³/mol. The number of hydrogen-bond acceptors (Lipinski definition) is 0. The van der Waals surface area contributed by atoms with Gasteiger partial charge in [0.2, 0.25) is 0 Å². The van der Waals surface area contributed by atoms with Gasteiger partial charge in [-0.1, -0.05) is 5.57 Å². The van der Waals surface area contributed by atoms with E-state index < -0.39 is 29.3 Å². The molecule has 5 heteroatoms. The first kappa shape index (κ1) is 36.8. The van der Waals surface area contributed by atoms with E-state index in [-0.39, 0.29) is 15.1 Å². The van der Waals surface area contributed by atoms with Gasteiger partial charge in [0.05, 0.1) is 0 Å². The molecule has 6 aromatic rings. The van der Waals surface area contributed by atoms with Gasteiger partial charge in [-0.25, -0.2) is 0 Å². The standard InChI is InChI=1S/2C18H15As.C4H7.2ClH.Rh/c2*1-4-10-16(11-5-1)19(17-12-6-2-7-13-17)18-14-8-3-9-15-18;1-4(2)3;;;/h2*1-15H;1-2H2,3H3;2*1H;/q;;;;;+2/p-2. The summed E-state index contributed by atoms with van der Waals surface area (Å²) in [5, 5.41) is 0. The molecule has 0 amide bonds. The van der Waals surface area contributed by atoms with Crippen molar-refractivity contribution in [2.75, 3.05) is 0 Å². The molecule has 6 rings (SSSR count). The van der Waals surface area contributed by atoms with Crippen molar-refractivity contribution < 1.29 is 15.1 Å². The molecule has 0 saturated heterocycles. The van der Waals surface area contributed by atoms with Crippen LogP contribution in [0.4, 0.5) is 0 Å². The minimum atomic E-state index is -1.39. The van der Waals surface area contributed by atoms with Crippen LogP contribution >= 0.6 is 19.4 Å². The molecule has 45 heavy (non-hydrogen) atoms. The summed E-state index contributed by atoms with van der Waals surface area (Å²) in [5.74, 6) is 0. The topological polar surface area (TPSA) is 0 Å². The summed E-state index contributed by atoms with van der Waals surface area (Å²) in [7, 11) is 9.67. The van der Waals surface area contributed by atoms with Gasteiger partial charge < -0.3 is 0 Å². The van der Waals surface area contributed by atoms with Gasteiger partial charge in [0.25, 0.3) is 0 Å². The second kappa shape index (κ2) is 22.0. The van der Waals surface area contributed by atoms with E-state index >= 15 is 0 Å².